The molecule has 3 amide bonds. The fourth-order valence-electron chi connectivity index (χ4n) is 3.05. The van der Waals surface area contributed by atoms with E-state index in [1.807, 2.05) is 25.1 Å². The average Bonchev–Trinajstić information content (AvgIpc) is 3.06. The fourth-order valence-corrected chi connectivity index (χ4v) is 3.88. The van der Waals surface area contributed by atoms with Crippen molar-refractivity contribution in [3.05, 3.63) is 58.5 Å². The molecule has 0 spiro atoms. The molecular weight excluding hydrogens is 460 g/mol. The molecule has 0 bridgehead atoms. The van der Waals surface area contributed by atoms with Crippen LogP contribution < -0.4 is 14.8 Å². The third-order valence-corrected chi connectivity index (χ3v) is 5.52. The monoisotopic (exact) mass is 484 g/mol. The van der Waals surface area contributed by atoms with E-state index < -0.39 is 23.7 Å². The molecule has 1 fully saturated rings. The van der Waals surface area contributed by atoms with Crippen molar-refractivity contribution in [1.29, 1.82) is 0 Å². The number of hydrogen-bond acceptors (Lipinski definition) is 8. The number of aryl methyl sites for hydroxylation is 1. The van der Waals surface area contributed by atoms with E-state index in [2.05, 4.69) is 10.1 Å². The van der Waals surface area contributed by atoms with Crippen molar-refractivity contribution in [3.8, 4) is 11.5 Å². The Morgan fingerprint density at radius 1 is 1.09 bits per heavy atom. The minimum atomic E-state index is -0.685. The summed E-state index contributed by atoms with van der Waals surface area (Å²) in [7, 11) is 1.18. The van der Waals surface area contributed by atoms with Crippen LogP contribution in [-0.4, -0.2) is 54.8 Å². The first-order valence-corrected chi connectivity index (χ1v) is 11.2. The highest BCUT2D eigenvalue weighted by atomic mass is 32.2. The minimum absolute atomic E-state index is 0.169. The summed E-state index contributed by atoms with van der Waals surface area (Å²) < 4.78 is 15.8. The Kier molecular flexibility index (Phi) is 8.31. The first kappa shape index (κ1) is 24.8. The van der Waals surface area contributed by atoms with Gasteiger partial charge in [-0.3, -0.25) is 24.1 Å². The molecule has 1 aliphatic heterocycles. The van der Waals surface area contributed by atoms with E-state index in [1.54, 1.807) is 31.2 Å². The first-order valence-electron chi connectivity index (χ1n) is 10.4. The minimum Gasteiger partial charge on any atom is -0.490 e. The number of nitrogens with zero attached hydrogens (tertiary/aromatic N) is 1. The number of nitrogens with one attached hydrogen (secondary N) is 1. The number of benzene rings is 2. The summed E-state index contributed by atoms with van der Waals surface area (Å²) in [6.07, 6.45) is 1.53. The van der Waals surface area contributed by atoms with E-state index in [0.717, 1.165) is 22.2 Å². The molecule has 0 atom stereocenters. The van der Waals surface area contributed by atoms with Gasteiger partial charge in [0.2, 0.25) is 0 Å². The molecule has 2 aromatic carbocycles. The molecule has 0 aromatic heterocycles. The molecule has 0 radical (unpaired) electrons. The number of carbonyl (C=O) groups excluding carboxylic acids is 4. The summed E-state index contributed by atoms with van der Waals surface area (Å²) >= 11 is 0.734. The zero-order valence-electron chi connectivity index (χ0n) is 19.0. The molecule has 0 unspecified atom stereocenters. The number of ether oxygens (including phenoxy) is 3. The van der Waals surface area contributed by atoms with Crippen molar-refractivity contribution in [1.82, 2.24) is 4.90 Å². The number of amides is 3. The first-order chi connectivity index (χ1) is 16.3. The molecule has 3 rings (SSSR count). The second-order valence-electron chi connectivity index (χ2n) is 7.19. The van der Waals surface area contributed by atoms with Gasteiger partial charge in [0.25, 0.3) is 17.1 Å². The summed E-state index contributed by atoms with van der Waals surface area (Å²) in [5.41, 5.74) is 2.29. The van der Waals surface area contributed by atoms with Crippen LogP contribution in [0.1, 0.15) is 18.1 Å². The van der Waals surface area contributed by atoms with Crippen LogP contribution in [0, 0.1) is 6.92 Å². The van der Waals surface area contributed by atoms with Crippen molar-refractivity contribution in [2.45, 2.75) is 13.8 Å². The van der Waals surface area contributed by atoms with Crippen LogP contribution in [-0.2, 0) is 19.1 Å². The number of thioether (sulfide) groups is 1. The number of esters is 1. The molecular formula is C24H24N2O7S. The number of carbonyl (C=O) groups is 4. The molecule has 0 saturated carbocycles. The Morgan fingerprint density at radius 3 is 2.59 bits per heavy atom. The lowest BCUT2D eigenvalue weighted by Gasteiger charge is -2.13. The van der Waals surface area contributed by atoms with Gasteiger partial charge < -0.3 is 19.5 Å². The average molecular weight is 485 g/mol. The maximum Gasteiger partial charge on any atom is 0.325 e. The summed E-state index contributed by atoms with van der Waals surface area (Å²) in [5.74, 6) is -0.844. The number of rotatable bonds is 9. The molecule has 1 N–H and O–H groups in total. The number of imide groups is 1. The Hall–Kier alpha value is -3.79. The van der Waals surface area contributed by atoms with Gasteiger partial charge in [0.1, 0.15) is 6.54 Å². The third kappa shape index (κ3) is 6.38. The van der Waals surface area contributed by atoms with Crippen molar-refractivity contribution in [3.63, 3.8) is 0 Å². The Balaban J connectivity index is 1.70. The van der Waals surface area contributed by atoms with E-state index in [-0.39, 0.29) is 17.4 Å². The molecule has 1 saturated heterocycles. The maximum absolute atomic E-state index is 12.5. The van der Waals surface area contributed by atoms with Crippen LogP contribution in [0.4, 0.5) is 10.5 Å². The second-order valence-corrected chi connectivity index (χ2v) is 8.18. The van der Waals surface area contributed by atoms with E-state index >= 15 is 0 Å². The van der Waals surface area contributed by atoms with Crippen LogP contribution >= 0.6 is 11.8 Å². The van der Waals surface area contributed by atoms with Gasteiger partial charge >= 0.3 is 5.97 Å². The summed E-state index contributed by atoms with van der Waals surface area (Å²) in [6.45, 7) is 3.42. The Labute approximate surface area is 201 Å². The SMILES string of the molecule is CCOc1cc(/C=C2/SC(=O)N(CC(=O)OC)C2=O)ccc1OCC(=O)Nc1cccc(C)c1. The zero-order valence-corrected chi connectivity index (χ0v) is 19.8. The highest BCUT2D eigenvalue weighted by Gasteiger charge is 2.36. The van der Waals surface area contributed by atoms with Gasteiger partial charge in [-0.05, 0) is 67.1 Å². The number of hydrogen-bond donors (Lipinski definition) is 1. The van der Waals surface area contributed by atoms with Gasteiger partial charge in [0.15, 0.2) is 18.1 Å². The topological polar surface area (TPSA) is 111 Å². The second kappa shape index (κ2) is 11.4. The van der Waals surface area contributed by atoms with E-state index in [4.69, 9.17) is 9.47 Å². The largest absolute Gasteiger partial charge is 0.490 e. The van der Waals surface area contributed by atoms with Crippen molar-refractivity contribution < 1.29 is 33.4 Å². The molecule has 1 heterocycles. The quantitative estimate of drug-likeness (QED) is 0.424. The Bertz CT molecular complexity index is 1150. The highest BCUT2D eigenvalue weighted by molar-refractivity contribution is 8.18. The van der Waals surface area contributed by atoms with Crippen LogP contribution in [0.3, 0.4) is 0 Å². The predicted molar refractivity (Wildman–Crippen MR) is 128 cm³/mol. The van der Waals surface area contributed by atoms with E-state index in [1.165, 1.54) is 13.2 Å². The molecule has 34 heavy (non-hydrogen) atoms. The van der Waals surface area contributed by atoms with E-state index in [9.17, 15) is 19.2 Å². The highest BCUT2D eigenvalue weighted by Crippen LogP contribution is 2.34. The van der Waals surface area contributed by atoms with Gasteiger partial charge in [0.05, 0.1) is 18.6 Å². The van der Waals surface area contributed by atoms with Crippen molar-refractivity contribution in [2.75, 3.05) is 32.2 Å². The standard InChI is InChI=1S/C24H24N2O7S/c1-4-32-19-11-16(12-20-23(29)26(24(30)34-20)13-22(28)31-3)8-9-18(19)33-14-21(27)25-17-7-5-6-15(2)10-17/h5-12H,4,13-14H2,1-3H3,(H,25,27)/b20-12+. The van der Waals surface area contributed by atoms with Crippen LogP contribution in [0.5, 0.6) is 11.5 Å². The Morgan fingerprint density at radius 2 is 1.88 bits per heavy atom. The normalized spacial score (nSPS) is 14.3. The number of methoxy groups -OCH3 is 1. The molecule has 9 nitrogen and oxygen atoms in total. The van der Waals surface area contributed by atoms with E-state index in [0.29, 0.717) is 29.4 Å². The molecule has 0 aliphatic carbocycles. The van der Waals surface area contributed by atoms with Crippen LogP contribution in [0.2, 0.25) is 0 Å². The van der Waals surface area contributed by atoms with Gasteiger partial charge in [-0.15, -0.1) is 0 Å². The summed E-state index contributed by atoms with van der Waals surface area (Å²) in [4.78, 5) is 49.3. The van der Waals surface area contributed by atoms with Gasteiger partial charge in [-0.1, -0.05) is 18.2 Å². The van der Waals surface area contributed by atoms with Crippen molar-refractivity contribution in [2.24, 2.45) is 0 Å². The third-order valence-electron chi connectivity index (χ3n) is 4.61. The lowest BCUT2D eigenvalue weighted by Crippen LogP contribution is -2.34. The summed E-state index contributed by atoms with van der Waals surface area (Å²) in [5, 5.41) is 2.22. The van der Waals surface area contributed by atoms with Crippen LogP contribution in [0.15, 0.2) is 47.4 Å². The molecule has 178 valence electrons. The smallest absolute Gasteiger partial charge is 0.325 e. The molecule has 2 aromatic rings. The molecule has 1 aliphatic rings. The molecule has 10 heteroatoms. The number of anilines is 1. The fraction of sp³-hybridized carbons (Fsp3) is 0.250. The van der Waals surface area contributed by atoms with Gasteiger partial charge in [-0.2, -0.15) is 0 Å². The predicted octanol–water partition coefficient (Wildman–Crippen LogP) is 3.62. The van der Waals surface area contributed by atoms with Crippen molar-refractivity contribution >= 4 is 46.5 Å². The van der Waals surface area contributed by atoms with Crippen LogP contribution in [0.25, 0.3) is 6.08 Å². The lowest BCUT2D eigenvalue weighted by atomic mass is 10.2. The lowest BCUT2D eigenvalue weighted by molar-refractivity contribution is -0.143. The zero-order chi connectivity index (χ0) is 24.7. The van der Waals surface area contributed by atoms with Gasteiger partial charge in [-0.25, -0.2) is 0 Å². The van der Waals surface area contributed by atoms with Gasteiger partial charge in [0, 0.05) is 5.69 Å². The summed E-state index contributed by atoms with van der Waals surface area (Å²) in [6, 6.07) is 12.4. The maximum atomic E-state index is 12.5.